The number of hydrazine groups is 1. The maximum Gasteiger partial charge on any atom is 0.225 e. The van der Waals surface area contributed by atoms with E-state index in [0.29, 0.717) is 29.9 Å². The first-order chi connectivity index (χ1) is 13.2. The molecule has 1 atom stereocenters. The van der Waals surface area contributed by atoms with Crippen molar-refractivity contribution in [2.75, 3.05) is 5.32 Å². The Bertz CT molecular complexity index is 1030. The lowest BCUT2D eigenvalue weighted by molar-refractivity contribution is 0.602. The van der Waals surface area contributed by atoms with E-state index in [-0.39, 0.29) is 0 Å². The van der Waals surface area contributed by atoms with Gasteiger partial charge in [-0.15, -0.1) is 0 Å². The van der Waals surface area contributed by atoms with Crippen molar-refractivity contribution in [3.63, 3.8) is 0 Å². The van der Waals surface area contributed by atoms with E-state index in [2.05, 4.69) is 39.1 Å². The topological polar surface area (TPSA) is 98.0 Å². The summed E-state index contributed by atoms with van der Waals surface area (Å²) in [5, 5.41) is 13.1. The lowest BCUT2D eigenvalue weighted by Gasteiger charge is -2.09. The highest BCUT2D eigenvalue weighted by Crippen LogP contribution is 2.25. The van der Waals surface area contributed by atoms with Crippen molar-refractivity contribution in [1.29, 1.82) is 5.26 Å². The van der Waals surface area contributed by atoms with Crippen molar-refractivity contribution < 1.29 is 0 Å². The third-order valence-corrected chi connectivity index (χ3v) is 4.32. The summed E-state index contributed by atoms with van der Waals surface area (Å²) in [6.45, 7) is 2.66. The molecule has 1 aliphatic rings. The summed E-state index contributed by atoms with van der Waals surface area (Å²) >= 11 is 0. The first kappa shape index (κ1) is 16.9. The monoisotopic (exact) mass is 357 g/mol. The van der Waals surface area contributed by atoms with Gasteiger partial charge < -0.3 is 10.7 Å². The Morgan fingerprint density at radius 2 is 2.00 bits per heavy atom. The maximum absolute atomic E-state index is 8.89. The minimum Gasteiger partial charge on any atom is -0.350 e. The van der Waals surface area contributed by atoms with Crippen LogP contribution in [0.4, 0.5) is 11.8 Å². The Kier molecular flexibility index (Phi) is 4.64. The zero-order chi connectivity index (χ0) is 18.6. The summed E-state index contributed by atoms with van der Waals surface area (Å²) in [6, 6.07) is 17.7. The standard InChI is InChI=1S/C20H19N7/c1-13-10-18(27-26-13)24-19-16-4-2-3-5-17(16)23-20(25-19)22-12-15-8-6-14(11-21)7-9-15/h2-9,13,26H,10,12H2,1H3,(H2,22,23,24,25,27). The van der Waals surface area contributed by atoms with Gasteiger partial charge in [0.2, 0.25) is 5.95 Å². The SMILES string of the molecule is CC1CC(=Nc2nc(NCc3ccc(C#N)cc3)nc3ccccc23)NN1. The highest BCUT2D eigenvalue weighted by Gasteiger charge is 2.16. The van der Waals surface area contributed by atoms with E-state index in [1.165, 1.54) is 0 Å². The summed E-state index contributed by atoms with van der Waals surface area (Å²) < 4.78 is 0. The van der Waals surface area contributed by atoms with Gasteiger partial charge in [-0.25, -0.2) is 15.4 Å². The Hall–Kier alpha value is -3.50. The Balaban J connectivity index is 1.62. The van der Waals surface area contributed by atoms with Crippen LogP contribution in [0, 0.1) is 11.3 Å². The molecule has 27 heavy (non-hydrogen) atoms. The van der Waals surface area contributed by atoms with Crippen LogP contribution in [0.5, 0.6) is 0 Å². The van der Waals surface area contributed by atoms with Gasteiger partial charge in [0.15, 0.2) is 5.82 Å². The average molecular weight is 357 g/mol. The van der Waals surface area contributed by atoms with Crippen LogP contribution >= 0.6 is 0 Å². The van der Waals surface area contributed by atoms with Crippen molar-refractivity contribution in [2.45, 2.75) is 25.9 Å². The number of nitrogens with one attached hydrogen (secondary N) is 3. The number of anilines is 1. The predicted octanol–water partition coefficient (Wildman–Crippen LogP) is 3.03. The number of benzene rings is 2. The van der Waals surface area contributed by atoms with Crippen LogP contribution in [0.15, 0.2) is 53.5 Å². The Labute approximate surface area is 157 Å². The van der Waals surface area contributed by atoms with Gasteiger partial charge in [-0.05, 0) is 36.8 Å². The predicted molar refractivity (Wildman–Crippen MR) is 105 cm³/mol. The van der Waals surface area contributed by atoms with E-state index in [1.807, 2.05) is 36.4 Å². The van der Waals surface area contributed by atoms with Crippen LogP contribution in [0.2, 0.25) is 0 Å². The number of aromatic nitrogens is 2. The summed E-state index contributed by atoms with van der Waals surface area (Å²) in [6.07, 6.45) is 0.826. The van der Waals surface area contributed by atoms with Crippen molar-refractivity contribution >= 4 is 28.5 Å². The molecule has 2 aromatic carbocycles. The number of para-hydroxylation sites is 1. The van der Waals surface area contributed by atoms with E-state index < -0.39 is 0 Å². The molecule has 1 aliphatic heterocycles. The van der Waals surface area contributed by atoms with Crippen LogP contribution in [-0.4, -0.2) is 21.8 Å². The molecular weight excluding hydrogens is 338 g/mol. The number of rotatable bonds is 4. The molecule has 0 amide bonds. The summed E-state index contributed by atoms with van der Waals surface area (Å²) in [7, 11) is 0. The molecule has 3 N–H and O–H groups in total. The zero-order valence-corrected chi connectivity index (χ0v) is 14.9. The molecular formula is C20H19N7. The molecule has 1 unspecified atom stereocenters. The molecule has 134 valence electrons. The quantitative estimate of drug-likeness (QED) is 0.664. The molecule has 0 bridgehead atoms. The van der Waals surface area contributed by atoms with Crippen molar-refractivity contribution in [2.24, 2.45) is 4.99 Å². The van der Waals surface area contributed by atoms with Gasteiger partial charge >= 0.3 is 0 Å². The fourth-order valence-electron chi connectivity index (χ4n) is 2.90. The number of hydrogen-bond donors (Lipinski definition) is 3. The largest absolute Gasteiger partial charge is 0.350 e. The first-order valence-corrected chi connectivity index (χ1v) is 8.80. The van der Waals surface area contributed by atoms with E-state index in [9.17, 15) is 0 Å². The van der Waals surface area contributed by atoms with Crippen LogP contribution in [0.3, 0.4) is 0 Å². The second-order valence-electron chi connectivity index (χ2n) is 6.48. The van der Waals surface area contributed by atoms with Gasteiger partial charge in [-0.2, -0.15) is 10.2 Å². The summed E-state index contributed by atoms with van der Waals surface area (Å²) in [5.41, 5.74) is 8.78. The second kappa shape index (κ2) is 7.40. The van der Waals surface area contributed by atoms with E-state index in [0.717, 1.165) is 28.7 Å². The highest BCUT2D eigenvalue weighted by molar-refractivity contribution is 5.94. The van der Waals surface area contributed by atoms with E-state index in [1.54, 1.807) is 12.1 Å². The van der Waals surface area contributed by atoms with Crippen LogP contribution < -0.4 is 16.2 Å². The minimum atomic E-state index is 0.339. The van der Waals surface area contributed by atoms with Crippen molar-refractivity contribution in [1.82, 2.24) is 20.8 Å². The molecule has 0 radical (unpaired) electrons. The van der Waals surface area contributed by atoms with Gasteiger partial charge in [-0.3, -0.25) is 0 Å². The highest BCUT2D eigenvalue weighted by atomic mass is 15.4. The molecule has 7 heteroatoms. The first-order valence-electron chi connectivity index (χ1n) is 8.80. The number of nitriles is 1. The fourth-order valence-corrected chi connectivity index (χ4v) is 2.90. The third kappa shape index (κ3) is 3.86. The molecule has 1 fully saturated rings. The summed E-state index contributed by atoms with van der Waals surface area (Å²) in [5.74, 6) is 2.03. The third-order valence-electron chi connectivity index (χ3n) is 4.32. The molecule has 3 aromatic rings. The summed E-state index contributed by atoms with van der Waals surface area (Å²) in [4.78, 5) is 13.9. The van der Waals surface area contributed by atoms with E-state index in [4.69, 9.17) is 10.3 Å². The molecule has 0 spiro atoms. The Morgan fingerprint density at radius 1 is 1.19 bits per heavy atom. The molecule has 7 nitrogen and oxygen atoms in total. The normalized spacial score (nSPS) is 17.6. The van der Waals surface area contributed by atoms with Crippen molar-refractivity contribution in [3.05, 3.63) is 59.7 Å². The fraction of sp³-hybridized carbons (Fsp3) is 0.200. The zero-order valence-electron chi connectivity index (χ0n) is 14.9. The maximum atomic E-state index is 8.89. The molecule has 1 saturated heterocycles. The van der Waals surface area contributed by atoms with Crippen LogP contribution in [0.25, 0.3) is 10.9 Å². The van der Waals surface area contributed by atoms with Gasteiger partial charge in [-0.1, -0.05) is 24.3 Å². The van der Waals surface area contributed by atoms with Crippen LogP contribution in [0.1, 0.15) is 24.5 Å². The Morgan fingerprint density at radius 3 is 2.74 bits per heavy atom. The lowest BCUT2D eigenvalue weighted by atomic mass is 10.1. The molecule has 1 aromatic heterocycles. The number of amidine groups is 1. The number of nitrogens with zero attached hydrogens (tertiary/aromatic N) is 4. The van der Waals surface area contributed by atoms with Gasteiger partial charge in [0.25, 0.3) is 0 Å². The van der Waals surface area contributed by atoms with Crippen LogP contribution in [-0.2, 0) is 6.54 Å². The number of hydrogen-bond acceptors (Lipinski definition) is 6. The second-order valence-corrected chi connectivity index (χ2v) is 6.48. The van der Waals surface area contributed by atoms with Gasteiger partial charge in [0.05, 0.1) is 17.1 Å². The average Bonchev–Trinajstić information content (AvgIpc) is 3.11. The van der Waals surface area contributed by atoms with E-state index >= 15 is 0 Å². The van der Waals surface area contributed by atoms with Gasteiger partial charge in [0, 0.05) is 24.4 Å². The number of aliphatic imine (C=N–C) groups is 1. The molecule has 0 aliphatic carbocycles. The lowest BCUT2D eigenvalue weighted by Crippen LogP contribution is -2.29. The minimum absolute atomic E-state index is 0.339. The van der Waals surface area contributed by atoms with Gasteiger partial charge in [0.1, 0.15) is 5.84 Å². The smallest absolute Gasteiger partial charge is 0.225 e. The molecule has 4 rings (SSSR count). The molecule has 2 heterocycles. The number of fused-ring (bicyclic) bond motifs is 1. The molecule has 0 saturated carbocycles. The van der Waals surface area contributed by atoms with Crippen molar-refractivity contribution in [3.8, 4) is 6.07 Å².